The van der Waals surface area contributed by atoms with Gasteiger partial charge in [-0.25, -0.2) is 4.79 Å². The molecule has 5 atom stereocenters. The first kappa shape index (κ1) is 16.7. The first-order valence-electron chi connectivity index (χ1n) is 6.12. The van der Waals surface area contributed by atoms with Crippen LogP contribution in [0.3, 0.4) is 0 Å². The van der Waals surface area contributed by atoms with Crippen LogP contribution in [-0.2, 0) is 4.74 Å². The quantitative estimate of drug-likeness (QED) is 0.523. The van der Waals surface area contributed by atoms with Crippen LogP contribution < -0.4 is 11.2 Å². The van der Waals surface area contributed by atoms with Crippen molar-refractivity contribution in [2.45, 2.75) is 43.2 Å². The maximum atomic E-state index is 13.2. The predicted molar refractivity (Wildman–Crippen MR) is 63.9 cm³/mol. The maximum absolute atomic E-state index is 13.2. The van der Waals surface area contributed by atoms with E-state index in [2.05, 4.69) is 0 Å². The average molecular weight is 326 g/mol. The van der Waals surface area contributed by atoms with Gasteiger partial charge in [0.05, 0.1) is 6.10 Å². The van der Waals surface area contributed by atoms with Gasteiger partial charge in [-0.2, -0.15) is 13.2 Å². The van der Waals surface area contributed by atoms with Crippen LogP contribution in [0.15, 0.2) is 21.9 Å². The normalized spacial score (nSPS) is 33.9. The summed E-state index contributed by atoms with van der Waals surface area (Å²) in [5.74, 6) is 0. The predicted octanol–water partition coefficient (Wildman–Crippen LogP) is -1.53. The number of aromatic amines is 1. The van der Waals surface area contributed by atoms with Crippen molar-refractivity contribution in [1.82, 2.24) is 9.55 Å². The van der Waals surface area contributed by atoms with Gasteiger partial charge in [0.25, 0.3) is 5.56 Å². The minimum Gasteiger partial charge on any atom is -0.391 e. The Hall–Kier alpha value is -1.69. The molecule has 1 aromatic rings. The summed E-state index contributed by atoms with van der Waals surface area (Å²) in [6.45, 7) is 1.06. The molecule has 4 N–H and O–H groups in total. The highest BCUT2D eigenvalue weighted by atomic mass is 19.4. The molecule has 0 bridgehead atoms. The maximum Gasteiger partial charge on any atom is 0.424 e. The topological polar surface area (TPSA) is 125 Å². The lowest BCUT2D eigenvalue weighted by Gasteiger charge is -2.33. The van der Waals surface area contributed by atoms with Crippen molar-refractivity contribution >= 4 is 0 Å². The summed E-state index contributed by atoms with van der Waals surface area (Å²) >= 11 is 0. The molecule has 22 heavy (non-hydrogen) atoms. The van der Waals surface area contributed by atoms with Gasteiger partial charge in [-0.05, 0) is 6.92 Å². The van der Waals surface area contributed by atoms with Crippen LogP contribution in [0.1, 0.15) is 13.2 Å². The molecule has 2 rings (SSSR count). The summed E-state index contributed by atoms with van der Waals surface area (Å²) in [5, 5.41) is 29.1. The summed E-state index contributed by atoms with van der Waals surface area (Å²) in [6.07, 6.45) is -12.9. The number of aliphatic hydroxyl groups excluding tert-OH is 2. The van der Waals surface area contributed by atoms with E-state index in [0.29, 0.717) is 10.8 Å². The summed E-state index contributed by atoms with van der Waals surface area (Å²) in [7, 11) is 0. The second kappa shape index (κ2) is 5.19. The number of hydrogen-bond donors (Lipinski definition) is 4. The molecule has 1 aromatic heterocycles. The number of nitrogens with zero attached hydrogens (tertiary/aromatic N) is 1. The number of nitrogens with one attached hydrogen (secondary N) is 1. The van der Waals surface area contributed by atoms with Gasteiger partial charge in [-0.1, -0.05) is 0 Å². The van der Waals surface area contributed by atoms with E-state index in [1.807, 2.05) is 0 Å². The fourth-order valence-electron chi connectivity index (χ4n) is 2.30. The van der Waals surface area contributed by atoms with Gasteiger partial charge in [0.1, 0.15) is 12.2 Å². The molecule has 1 fully saturated rings. The van der Waals surface area contributed by atoms with Gasteiger partial charge in [-0.3, -0.25) is 14.3 Å². The summed E-state index contributed by atoms with van der Waals surface area (Å²) < 4.78 is 44.8. The molecule has 0 spiro atoms. The van der Waals surface area contributed by atoms with E-state index in [1.165, 1.54) is 0 Å². The Morgan fingerprint density at radius 2 is 2.05 bits per heavy atom. The monoisotopic (exact) mass is 326 g/mol. The lowest BCUT2D eigenvalue weighted by atomic mass is 9.91. The lowest BCUT2D eigenvalue weighted by molar-refractivity contribution is -0.304. The summed E-state index contributed by atoms with van der Waals surface area (Å²) in [4.78, 5) is 24.3. The Balaban J connectivity index is 2.61. The van der Waals surface area contributed by atoms with Crippen molar-refractivity contribution in [3.8, 4) is 0 Å². The van der Waals surface area contributed by atoms with Crippen LogP contribution in [0.5, 0.6) is 0 Å². The minimum atomic E-state index is -5.36. The van der Waals surface area contributed by atoms with E-state index < -0.39 is 47.6 Å². The van der Waals surface area contributed by atoms with Gasteiger partial charge in [0, 0.05) is 12.3 Å². The molecule has 0 aliphatic carbocycles. The van der Waals surface area contributed by atoms with Crippen molar-refractivity contribution < 1.29 is 33.2 Å². The molecule has 2 heterocycles. The third-order valence-electron chi connectivity index (χ3n) is 3.46. The zero-order chi connectivity index (χ0) is 16.9. The Kier molecular flexibility index (Phi) is 3.94. The average Bonchev–Trinajstić information content (AvgIpc) is 2.64. The van der Waals surface area contributed by atoms with Crippen molar-refractivity contribution in [1.29, 1.82) is 0 Å². The Labute approximate surface area is 120 Å². The first-order valence-corrected chi connectivity index (χ1v) is 6.12. The van der Waals surface area contributed by atoms with Crippen LogP contribution in [0.25, 0.3) is 0 Å². The number of ether oxygens (including phenoxy) is 1. The standard InChI is InChI=1S/C11H13F3N2O6/c1-4(17)6-7(19)10(21,11(12,13)14)8(22-6)16-3-2-5(18)15-9(16)20/h2-4,6-8,17,19,21H,1H3,(H,15,18,20)/t4?,6-,7?,8-,10-/m1/s1. The number of aromatic nitrogens is 2. The Bertz CT molecular complexity index is 669. The number of alkyl halides is 3. The highest BCUT2D eigenvalue weighted by molar-refractivity contribution is 5.08. The van der Waals surface area contributed by atoms with Crippen molar-refractivity contribution in [2.75, 3.05) is 0 Å². The van der Waals surface area contributed by atoms with Crippen LogP contribution in [0.4, 0.5) is 13.2 Å². The molecule has 0 aromatic carbocycles. The molecular formula is C11H13F3N2O6. The van der Waals surface area contributed by atoms with Crippen molar-refractivity contribution in [2.24, 2.45) is 0 Å². The van der Waals surface area contributed by atoms with E-state index in [0.717, 1.165) is 13.0 Å². The zero-order valence-corrected chi connectivity index (χ0v) is 11.1. The van der Waals surface area contributed by atoms with Gasteiger partial charge in [0.15, 0.2) is 6.23 Å². The third-order valence-corrected chi connectivity index (χ3v) is 3.46. The number of aliphatic hydroxyl groups is 3. The highest BCUT2D eigenvalue weighted by Crippen LogP contribution is 2.48. The van der Waals surface area contributed by atoms with E-state index >= 15 is 0 Å². The van der Waals surface area contributed by atoms with E-state index in [-0.39, 0.29) is 0 Å². The van der Waals surface area contributed by atoms with E-state index in [9.17, 15) is 38.1 Å². The second-order valence-electron chi connectivity index (χ2n) is 4.98. The first-order chi connectivity index (χ1) is 10.00. The zero-order valence-electron chi connectivity index (χ0n) is 11.1. The number of rotatable bonds is 2. The molecule has 1 saturated heterocycles. The smallest absolute Gasteiger partial charge is 0.391 e. The Morgan fingerprint density at radius 3 is 2.50 bits per heavy atom. The van der Waals surface area contributed by atoms with Gasteiger partial charge in [0.2, 0.25) is 5.60 Å². The molecule has 124 valence electrons. The summed E-state index contributed by atoms with van der Waals surface area (Å²) in [6, 6.07) is 0.754. The van der Waals surface area contributed by atoms with E-state index in [4.69, 9.17) is 4.74 Å². The van der Waals surface area contributed by atoms with Crippen molar-refractivity contribution in [3.05, 3.63) is 33.1 Å². The van der Waals surface area contributed by atoms with Crippen LogP contribution in [-0.4, -0.2) is 55.0 Å². The molecule has 2 unspecified atom stereocenters. The van der Waals surface area contributed by atoms with E-state index in [1.54, 1.807) is 4.98 Å². The summed E-state index contributed by atoms with van der Waals surface area (Å²) in [5.41, 5.74) is -5.96. The highest BCUT2D eigenvalue weighted by Gasteiger charge is 2.71. The molecule has 1 aliphatic heterocycles. The molecule has 0 radical (unpaired) electrons. The minimum absolute atomic E-state index is 0.292. The van der Waals surface area contributed by atoms with Crippen LogP contribution in [0, 0.1) is 0 Å². The van der Waals surface area contributed by atoms with Gasteiger partial charge >= 0.3 is 11.9 Å². The molecule has 0 amide bonds. The lowest BCUT2D eigenvalue weighted by Crippen LogP contribution is -2.59. The molecule has 8 nitrogen and oxygen atoms in total. The molecule has 1 aliphatic rings. The second-order valence-corrected chi connectivity index (χ2v) is 4.98. The van der Waals surface area contributed by atoms with Crippen LogP contribution >= 0.6 is 0 Å². The molecule has 0 saturated carbocycles. The fourth-order valence-corrected chi connectivity index (χ4v) is 2.30. The fraction of sp³-hybridized carbons (Fsp3) is 0.636. The van der Waals surface area contributed by atoms with Crippen LogP contribution in [0.2, 0.25) is 0 Å². The van der Waals surface area contributed by atoms with Gasteiger partial charge in [-0.15, -0.1) is 0 Å². The molecular weight excluding hydrogens is 313 g/mol. The largest absolute Gasteiger partial charge is 0.424 e. The van der Waals surface area contributed by atoms with Crippen molar-refractivity contribution in [3.63, 3.8) is 0 Å². The third kappa shape index (κ3) is 2.35. The molecule has 11 heteroatoms. The van der Waals surface area contributed by atoms with Gasteiger partial charge < -0.3 is 20.1 Å². The SMILES string of the molecule is CC(O)[C@H]1O[C@@H](n2ccc(=O)[nH]c2=O)[C@@](O)(C(F)(F)F)C1O. The Morgan fingerprint density at radius 1 is 1.45 bits per heavy atom. The number of H-pyrrole nitrogens is 1. The number of halogens is 3. The number of hydrogen-bond acceptors (Lipinski definition) is 6.